The number of aryl methyl sites for hydroxylation is 3. The number of halogens is 2. The van der Waals surface area contributed by atoms with Gasteiger partial charge in [0, 0.05) is 0 Å². The van der Waals surface area contributed by atoms with E-state index in [2.05, 4.69) is 216 Å². The van der Waals surface area contributed by atoms with Gasteiger partial charge in [-0.15, -0.1) is 16.7 Å². The number of hydrogen-bond donors (Lipinski definition) is 0. The Kier molecular flexibility index (Phi) is 18.6. The van der Waals surface area contributed by atoms with Crippen LogP contribution >= 0.6 is 0 Å². The van der Waals surface area contributed by atoms with Gasteiger partial charge in [0.05, 0.1) is 0 Å². The van der Waals surface area contributed by atoms with E-state index in [0.29, 0.717) is 5.41 Å². The van der Waals surface area contributed by atoms with Crippen LogP contribution in [0.15, 0.2) is 84.9 Å². The number of hydrogen-bond acceptors (Lipinski definition) is 0. The van der Waals surface area contributed by atoms with Crippen molar-refractivity contribution < 1.29 is 49.0 Å². The summed E-state index contributed by atoms with van der Waals surface area (Å²) in [5, 5.41) is 0. The van der Waals surface area contributed by atoms with Crippen molar-refractivity contribution in [3.05, 3.63) is 158 Å². The average molecular weight is 923 g/mol. The molecule has 1 aliphatic carbocycles. The van der Waals surface area contributed by atoms with E-state index in [1.165, 1.54) is 125 Å². The van der Waals surface area contributed by atoms with Crippen LogP contribution in [-0.2, 0) is 64.2 Å². The minimum Gasteiger partial charge on any atom is -1.00 e. The monoisotopic (exact) mass is 920 g/mol. The molecule has 0 fully saturated rings. The molecule has 0 aromatic heterocycles. The van der Waals surface area contributed by atoms with Gasteiger partial charge in [-0.25, -0.2) is 6.07 Å². The van der Waals surface area contributed by atoms with Crippen LogP contribution in [0.3, 0.4) is 0 Å². The second-order valence-corrected chi connectivity index (χ2v) is 23.4. The Balaban J connectivity index is 0.000000338. The first-order valence-electron chi connectivity index (χ1n) is 21.9. The Morgan fingerprint density at radius 2 is 1.03 bits per heavy atom. The summed E-state index contributed by atoms with van der Waals surface area (Å²) in [6.45, 7) is 41.3. The van der Waals surface area contributed by atoms with Crippen LogP contribution < -0.4 is 24.8 Å². The Bertz CT molecular complexity index is 2030. The maximum absolute atomic E-state index is 3.90. The summed E-state index contributed by atoms with van der Waals surface area (Å²) >= 11 is 1.46. The Morgan fingerprint density at radius 1 is 0.583 bits per heavy atom. The van der Waals surface area contributed by atoms with Crippen molar-refractivity contribution in [1.82, 2.24) is 0 Å². The largest absolute Gasteiger partial charge is 1.00 e. The third-order valence-corrected chi connectivity index (χ3v) is 12.8. The van der Waals surface area contributed by atoms with Crippen molar-refractivity contribution >= 4 is 3.21 Å². The molecule has 0 aliphatic heterocycles. The molecule has 324 valence electrons. The van der Waals surface area contributed by atoms with E-state index in [4.69, 9.17) is 0 Å². The van der Waals surface area contributed by atoms with Gasteiger partial charge in [-0.1, -0.05) is 159 Å². The molecule has 3 heteroatoms. The molecule has 0 unspecified atom stereocenters. The van der Waals surface area contributed by atoms with Crippen molar-refractivity contribution in [2.75, 3.05) is 0 Å². The SMILES string of the molecule is CC(C)(C)c1[c-]c2c(cc1C(C)(C)C)-c1cc(C(C)(C)C)c(C(C)(C)C)cc1C2.CCCCc1cc(C(C)(C)C)c[cH-]1.Cc1ccc([C](=[Zr+2])c2ccc(C)cc2)cc1.[Cl-].[Cl-]. The molecule has 0 spiro atoms. The fourth-order valence-electron chi connectivity index (χ4n) is 7.73. The third kappa shape index (κ3) is 14.0. The van der Waals surface area contributed by atoms with Crippen LogP contribution in [0.25, 0.3) is 11.1 Å². The zero-order valence-corrected chi connectivity index (χ0v) is 44.6. The van der Waals surface area contributed by atoms with Crippen LogP contribution in [0.5, 0.6) is 0 Å². The molecule has 1 aliphatic rings. The Labute approximate surface area is 395 Å². The molecule has 5 aromatic carbocycles. The van der Waals surface area contributed by atoms with Crippen molar-refractivity contribution in [1.29, 1.82) is 0 Å². The summed E-state index contributed by atoms with van der Waals surface area (Å²) in [6, 6.07) is 35.8. The summed E-state index contributed by atoms with van der Waals surface area (Å²) in [5.41, 5.74) is 20.5. The van der Waals surface area contributed by atoms with Gasteiger partial charge in [0.2, 0.25) is 0 Å². The molecule has 6 rings (SSSR count). The standard InChI is InChI=1S/C29H41.C15H14.C13H21.2ClH.Zr/c1-26(2,3)22-14-18-13-19-15-23(27(4,5)6)25(29(10,11)12)17-21(19)20(18)16-24(22)28(7,8)9;1-12-3-7-14(8-4-12)11-15-9-5-13(2)6-10-15;1-5-6-7-11-8-9-12(10-11)13(2,3)4;;;/h14,16-17H,13H2,1-12H3;3-10H,1-2H3;8-10H,5-7H2,1-4H3;2*1H;/q-1;;-1;;;+2/p-2. The minimum atomic E-state index is 0. The average Bonchev–Trinajstić information content (AvgIpc) is 3.74. The van der Waals surface area contributed by atoms with Crippen LogP contribution in [0.1, 0.15) is 190 Å². The number of unbranched alkanes of at least 4 members (excludes halogenated alkanes) is 1. The normalized spacial score (nSPS) is 12.5. The van der Waals surface area contributed by atoms with Gasteiger partial charge < -0.3 is 24.8 Å². The summed E-state index contributed by atoms with van der Waals surface area (Å²) in [5.74, 6) is 0. The second-order valence-electron chi connectivity index (χ2n) is 22.2. The van der Waals surface area contributed by atoms with Gasteiger partial charge in [0.15, 0.2) is 0 Å². The van der Waals surface area contributed by atoms with Gasteiger partial charge in [-0.05, 0) is 39.4 Å². The maximum Gasteiger partial charge on any atom is -1.00 e. The third-order valence-electron chi connectivity index (χ3n) is 11.4. The molecule has 0 heterocycles. The van der Waals surface area contributed by atoms with Crippen molar-refractivity contribution in [2.24, 2.45) is 0 Å². The predicted molar refractivity (Wildman–Crippen MR) is 253 cm³/mol. The van der Waals surface area contributed by atoms with Crippen molar-refractivity contribution in [3.63, 3.8) is 0 Å². The van der Waals surface area contributed by atoms with Gasteiger partial charge in [-0.3, -0.25) is 0 Å². The van der Waals surface area contributed by atoms with Crippen molar-refractivity contribution in [3.8, 4) is 11.1 Å². The minimum absolute atomic E-state index is 0. The Morgan fingerprint density at radius 3 is 1.43 bits per heavy atom. The molecule has 0 saturated carbocycles. The van der Waals surface area contributed by atoms with Gasteiger partial charge in [-0.2, -0.15) is 41.0 Å². The number of benzene rings is 4. The molecule has 0 nitrogen and oxygen atoms in total. The van der Waals surface area contributed by atoms with E-state index >= 15 is 0 Å². The molecule has 60 heavy (non-hydrogen) atoms. The fourth-order valence-corrected chi connectivity index (χ4v) is 8.55. The predicted octanol–water partition coefficient (Wildman–Crippen LogP) is 9.72. The van der Waals surface area contributed by atoms with Crippen LogP contribution in [0.2, 0.25) is 0 Å². The molecule has 5 aromatic rings. The van der Waals surface area contributed by atoms with Gasteiger partial charge in [0.25, 0.3) is 0 Å². The summed E-state index contributed by atoms with van der Waals surface area (Å²) in [7, 11) is 0. The molecular formula is C57H76Cl2Zr-2. The fraction of sp³-hybridized carbons (Fsp3) is 0.474. The first kappa shape index (κ1) is 53.7. The van der Waals surface area contributed by atoms with E-state index in [-0.39, 0.29) is 46.5 Å². The smallest absolute Gasteiger partial charge is 1.00 e. The second kappa shape index (κ2) is 20.8. The number of fused-ring (bicyclic) bond motifs is 3. The van der Waals surface area contributed by atoms with Crippen LogP contribution in [-0.4, -0.2) is 3.21 Å². The van der Waals surface area contributed by atoms with E-state index in [0.717, 1.165) is 6.42 Å². The zero-order chi connectivity index (χ0) is 43.6. The van der Waals surface area contributed by atoms with Gasteiger partial charge in [0.1, 0.15) is 0 Å². The van der Waals surface area contributed by atoms with E-state index in [1.54, 1.807) is 0 Å². The Hall–Kier alpha value is -2.44. The van der Waals surface area contributed by atoms with Crippen molar-refractivity contribution in [2.45, 2.75) is 177 Å². The van der Waals surface area contributed by atoms with Crippen LogP contribution in [0, 0.1) is 19.9 Å². The summed E-state index contributed by atoms with van der Waals surface area (Å²) < 4.78 is 1.42. The molecule has 0 N–H and O–H groups in total. The molecule has 0 atom stereocenters. The molecule has 0 saturated heterocycles. The quantitative estimate of drug-likeness (QED) is 0.151. The maximum atomic E-state index is 3.90. The zero-order valence-electron chi connectivity index (χ0n) is 40.7. The molecule has 0 amide bonds. The summed E-state index contributed by atoms with van der Waals surface area (Å²) in [4.78, 5) is 0. The van der Waals surface area contributed by atoms with E-state index < -0.39 is 0 Å². The topological polar surface area (TPSA) is 0 Å². The molecule has 0 bridgehead atoms. The number of rotatable bonds is 5. The van der Waals surface area contributed by atoms with Crippen LogP contribution in [0.4, 0.5) is 0 Å². The first-order valence-corrected chi connectivity index (χ1v) is 23.1. The van der Waals surface area contributed by atoms with Gasteiger partial charge >= 0.3 is 112 Å². The first-order chi connectivity index (χ1) is 26.6. The molecular weight excluding hydrogens is 847 g/mol. The van der Waals surface area contributed by atoms with E-state index in [9.17, 15) is 0 Å². The molecule has 0 radical (unpaired) electrons. The summed E-state index contributed by atoms with van der Waals surface area (Å²) in [6.07, 6.45) is 4.85. The van der Waals surface area contributed by atoms with E-state index in [1.807, 2.05) is 0 Å².